The lowest BCUT2D eigenvalue weighted by Gasteiger charge is -2.15. The van der Waals surface area contributed by atoms with Crippen LogP contribution in [0.2, 0.25) is 0 Å². The Bertz CT molecular complexity index is 676. The van der Waals surface area contributed by atoms with E-state index < -0.39 is 0 Å². The van der Waals surface area contributed by atoms with Crippen molar-refractivity contribution in [2.24, 2.45) is 10.7 Å². The molecule has 0 saturated carbocycles. The van der Waals surface area contributed by atoms with Gasteiger partial charge in [0.2, 0.25) is 0 Å². The fraction of sp³-hybridized carbons (Fsp3) is 0.176. The lowest BCUT2D eigenvalue weighted by molar-refractivity contribution is 0.814. The lowest BCUT2D eigenvalue weighted by atomic mass is 9.99. The third-order valence-corrected chi connectivity index (χ3v) is 3.62. The molecule has 1 unspecified atom stereocenters. The van der Waals surface area contributed by atoms with Gasteiger partial charge in [-0.2, -0.15) is 0 Å². The number of rotatable bonds is 4. The predicted octanol–water partition coefficient (Wildman–Crippen LogP) is 4.70. The van der Waals surface area contributed by atoms with E-state index in [1.807, 2.05) is 50.2 Å². The smallest absolute Gasteiger partial charge is 0.108 e. The molecule has 0 spiro atoms. The van der Waals surface area contributed by atoms with Gasteiger partial charge in [-0.05, 0) is 32.2 Å². The summed E-state index contributed by atoms with van der Waals surface area (Å²) in [6, 6.07) is 11.7. The molecule has 1 atom stereocenters. The standard InChI is InChI=1S/C17H18ClN3/c1-4-14(18)17-15(20-3)10-13(11(2)19)16(21-17)12-8-6-5-7-9-12/h4-11H,3,19H2,1-2H3/b14-4+. The molecule has 3 nitrogen and oxygen atoms in total. The Kier molecular flexibility index (Phi) is 4.89. The summed E-state index contributed by atoms with van der Waals surface area (Å²) in [6.45, 7) is 7.38. The number of aromatic nitrogens is 1. The predicted molar refractivity (Wildman–Crippen MR) is 91.0 cm³/mol. The number of nitrogens with zero attached hydrogens (tertiary/aromatic N) is 2. The highest BCUT2D eigenvalue weighted by atomic mass is 35.5. The van der Waals surface area contributed by atoms with Crippen molar-refractivity contribution in [2.75, 3.05) is 0 Å². The number of allylic oxidation sites excluding steroid dienone is 1. The van der Waals surface area contributed by atoms with Gasteiger partial charge in [0, 0.05) is 11.6 Å². The van der Waals surface area contributed by atoms with E-state index in [9.17, 15) is 0 Å². The first-order valence-corrected chi connectivity index (χ1v) is 7.11. The van der Waals surface area contributed by atoms with E-state index in [0.29, 0.717) is 16.4 Å². The summed E-state index contributed by atoms with van der Waals surface area (Å²) in [4.78, 5) is 8.72. The summed E-state index contributed by atoms with van der Waals surface area (Å²) in [5.74, 6) is 0. The van der Waals surface area contributed by atoms with Crippen LogP contribution in [0.3, 0.4) is 0 Å². The van der Waals surface area contributed by atoms with Gasteiger partial charge < -0.3 is 5.73 Å². The highest BCUT2D eigenvalue weighted by Gasteiger charge is 2.16. The van der Waals surface area contributed by atoms with E-state index >= 15 is 0 Å². The second kappa shape index (κ2) is 6.66. The van der Waals surface area contributed by atoms with Gasteiger partial charge >= 0.3 is 0 Å². The molecule has 4 heteroatoms. The first kappa shape index (κ1) is 15.4. The number of hydrogen-bond acceptors (Lipinski definition) is 3. The van der Waals surface area contributed by atoms with Crippen LogP contribution in [0, 0.1) is 0 Å². The number of aliphatic imine (C=N–C) groups is 1. The minimum atomic E-state index is -0.161. The average molecular weight is 300 g/mol. The molecule has 1 aromatic heterocycles. The molecule has 0 saturated heterocycles. The van der Waals surface area contributed by atoms with E-state index in [0.717, 1.165) is 16.8 Å². The Morgan fingerprint density at radius 3 is 2.57 bits per heavy atom. The topological polar surface area (TPSA) is 51.3 Å². The second-order valence-corrected chi connectivity index (χ2v) is 5.15. The van der Waals surface area contributed by atoms with Crippen molar-refractivity contribution in [3.8, 4) is 11.3 Å². The molecule has 0 aliphatic heterocycles. The Hall–Kier alpha value is -1.97. The van der Waals surface area contributed by atoms with Crippen LogP contribution in [-0.2, 0) is 0 Å². The Balaban J connectivity index is 2.76. The van der Waals surface area contributed by atoms with Crippen molar-refractivity contribution in [1.82, 2.24) is 4.98 Å². The molecule has 0 aliphatic carbocycles. The zero-order chi connectivity index (χ0) is 15.4. The molecule has 1 heterocycles. The summed E-state index contributed by atoms with van der Waals surface area (Å²) in [5.41, 5.74) is 10.1. The monoisotopic (exact) mass is 299 g/mol. The number of hydrogen-bond donors (Lipinski definition) is 1. The van der Waals surface area contributed by atoms with Crippen LogP contribution in [0.25, 0.3) is 16.3 Å². The summed E-state index contributed by atoms with van der Waals surface area (Å²) >= 11 is 6.25. The first-order chi connectivity index (χ1) is 10.1. The maximum absolute atomic E-state index is 6.25. The molecule has 0 radical (unpaired) electrons. The van der Waals surface area contributed by atoms with Crippen LogP contribution in [0.4, 0.5) is 5.69 Å². The van der Waals surface area contributed by atoms with Gasteiger partial charge in [-0.15, -0.1) is 0 Å². The molecule has 0 aliphatic rings. The SMILES string of the molecule is C=Nc1cc(C(C)N)c(-c2ccccc2)nc1/C(Cl)=C\C. The van der Waals surface area contributed by atoms with E-state index in [-0.39, 0.29) is 6.04 Å². The van der Waals surface area contributed by atoms with Crippen LogP contribution in [0.15, 0.2) is 47.5 Å². The minimum absolute atomic E-state index is 0.161. The van der Waals surface area contributed by atoms with Crippen molar-refractivity contribution in [1.29, 1.82) is 0 Å². The number of halogens is 1. The summed E-state index contributed by atoms with van der Waals surface area (Å²) in [7, 11) is 0. The van der Waals surface area contributed by atoms with Crippen LogP contribution >= 0.6 is 11.6 Å². The third kappa shape index (κ3) is 3.20. The first-order valence-electron chi connectivity index (χ1n) is 6.73. The van der Waals surface area contributed by atoms with Gasteiger partial charge in [-0.3, -0.25) is 4.99 Å². The van der Waals surface area contributed by atoms with Crippen molar-refractivity contribution in [2.45, 2.75) is 19.9 Å². The highest BCUT2D eigenvalue weighted by Crippen LogP contribution is 2.35. The number of benzene rings is 1. The van der Waals surface area contributed by atoms with Crippen LogP contribution in [0.5, 0.6) is 0 Å². The Labute approximate surface area is 130 Å². The van der Waals surface area contributed by atoms with Gasteiger partial charge in [0.1, 0.15) is 5.69 Å². The third-order valence-electron chi connectivity index (χ3n) is 3.22. The fourth-order valence-corrected chi connectivity index (χ4v) is 2.26. The molecule has 0 bridgehead atoms. The zero-order valence-electron chi connectivity index (χ0n) is 12.2. The van der Waals surface area contributed by atoms with Crippen molar-refractivity contribution in [3.05, 3.63) is 53.7 Å². The summed E-state index contributed by atoms with van der Waals surface area (Å²) in [6.07, 6.45) is 1.79. The largest absolute Gasteiger partial charge is 0.324 e. The molecule has 0 fully saturated rings. The van der Waals surface area contributed by atoms with Crippen molar-refractivity contribution in [3.63, 3.8) is 0 Å². The second-order valence-electron chi connectivity index (χ2n) is 4.74. The van der Waals surface area contributed by atoms with Gasteiger partial charge in [-0.1, -0.05) is 48.0 Å². The molecule has 2 rings (SSSR count). The van der Waals surface area contributed by atoms with E-state index in [2.05, 4.69) is 11.7 Å². The molecule has 108 valence electrons. The average Bonchev–Trinajstić information content (AvgIpc) is 2.53. The Morgan fingerprint density at radius 1 is 1.38 bits per heavy atom. The van der Waals surface area contributed by atoms with Crippen molar-refractivity contribution < 1.29 is 0 Å². The zero-order valence-corrected chi connectivity index (χ0v) is 12.9. The van der Waals surface area contributed by atoms with Gasteiger partial charge in [0.05, 0.1) is 16.4 Å². The molecule has 2 N–H and O–H groups in total. The molecule has 0 amide bonds. The van der Waals surface area contributed by atoms with E-state index in [1.54, 1.807) is 6.08 Å². The van der Waals surface area contributed by atoms with Gasteiger partial charge in [0.15, 0.2) is 0 Å². The van der Waals surface area contributed by atoms with Gasteiger partial charge in [-0.25, -0.2) is 4.98 Å². The van der Waals surface area contributed by atoms with Crippen LogP contribution in [-0.4, -0.2) is 11.7 Å². The van der Waals surface area contributed by atoms with Gasteiger partial charge in [0.25, 0.3) is 0 Å². The highest BCUT2D eigenvalue weighted by molar-refractivity contribution is 6.49. The molecule has 2 aromatic rings. The fourth-order valence-electron chi connectivity index (χ4n) is 2.12. The Morgan fingerprint density at radius 2 is 2.05 bits per heavy atom. The number of pyridine rings is 1. The van der Waals surface area contributed by atoms with E-state index in [4.69, 9.17) is 22.3 Å². The quantitative estimate of drug-likeness (QED) is 0.832. The molecule has 21 heavy (non-hydrogen) atoms. The minimum Gasteiger partial charge on any atom is -0.324 e. The normalized spacial score (nSPS) is 13.0. The molecule has 1 aromatic carbocycles. The summed E-state index contributed by atoms with van der Waals surface area (Å²) < 4.78 is 0. The lowest BCUT2D eigenvalue weighted by Crippen LogP contribution is -2.09. The number of nitrogens with two attached hydrogens (primary N) is 1. The van der Waals surface area contributed by atoms with Crippen LogP contribution in [0.1, 0.15) is 31.1 Å². The van der Waals surface area contributed by atoms with E-state index in [1.165, 1.54) is 0 Å². The maximum Gasteiger partial charge on any atom is 0.108 e. The summed E-state index contributed by atoms with van der Waals surface area (Å²) in [5, 5.41) is 0.547. The molecular weight excluding hydrogens is 282 g/mol. The van der Waals surface area contributed by atoms with Crippen LogP contribution < -0.4 is 5.73 Å². The maximum atomic E-state index is 6.25. The van der Waals surface area contributed by atoms with Crippen molar-refractivity contribution >= 4 is 29.0 Å². The molecular formula is C17H18ClN3.